The summed E-state index contributed by atoms with van der Waals surface area (Å²) in [6.07, 6.45) is 0.189. The second-order valence-electron chi connectivity index (χ2n) is 5.38. The summed E-state index contributed by atoms with van der Waals surface area (Å²) in [4.78, 5) is 25.3. The molecule has 0 bridgehead atoms. The number of fused-ring (bicyclic) bond motifs is 1. The zero-order chi connectivity index (χ0) is 15.3. The number of likely N-dealkylation sites (tertiary alicyclic amines) is 1. The Hall–Kier alpha value is -1.64. The molecule has 114 valence electrons. The Kier molecular flexibility index (Phi) is 3.39. The van der Waals surface area contributed by atoms with Gasteiger partial charge in [-0.05, 0) is 18.9 Å². The number of carbonyl (C=O) groups excluding carboxylic acids is 2. The lowest BCUT2D eigenvalue weighted by molar-refractivity contribution is -0.149. The van der Waals surface area contributed by atoms with Crippen LogP contribution in [0.25, 0.3) is 0 Å². The fourth-order valence-corrected chi connectivity index (χ4v) is 3.07. The Morgan fingerprint density at radius 1 is 1.19 bits per heavy atom. The molecule has 6 nitrogen and oxygen atoms in total. The number of nitrogens with zero attached hydrogens (tertiary/aromatic N) is 1. The van der Waals surface area contributed by atoms with E-state index in [9.17, 15) is 28.6 Å². The fourth-order valence-electron chi connectivity index (χ4n) is 3.07. The summed E-state index contributed by atoms with van der Waals surface area (Å²) in [5.74, 6) is -6.48. The average molecular weight is 300 g/mol. The molecule has 1 aliphatic carbocycles. The lowest BCUT2D eigenvalue weighted by Gasteiger charge is -2.36. The molecule has 0 aromatic heterocycles. The summed E-state index contributed by atoms with van der Waals surface area (Å²) < 4.78 is 27.0. The summed E-state index contributed by atoms with van der Waals surface area (Å²) in [5.41, 5.74) is 0. The molecule has 21 heavy (non-hydrogen) atoms. The molecule has 2 amide bonds. The van der Waals surface area contributed by atoms with Crippen LogP contribution in [0.1, 0.15) is 12.8 Å². The minimum atomic E-state index is -1.48. The molecule has 2 saturated heterocycles. The van der Waals surface area contributed by atoms with Crippen LogP contribution in [0.3, 0.4) is 0 Å². The van der Waals surface area contributed by atoms with Crippen molar-refractivity contribution in [2.45, 2.75) is 31.3 Å². The number of carbonyl (C=O) groups is 2. The number of rotatable bonds is 1. The van der Waals surface area contributed by atoms with Crippen LogP contribution < -0.4 is 5.32 Å². The first kappa shape index (κ1) is 14.3. The Morgan fingerprint density at radius 2 is 1.90 bits per heavy atom. The first-order valence-electron chi connectivity index (χ1n) is 6.64. The normalized spacial score (nSPS) is 40.0. The highest BCUT2D eigenvalue weighted by molar-refractivity contribution is 6.08. The number of imide groups is 1. The molecular weight excluding hydrogens is 286 g/mol. The maximum absolute atomic E-state index is 13.8. The first-order valence-corrected chi connectivity index (χ1v) is 6.64. The molecule has 5 atom stereocenters. The predicted octanol–water partition coefficient (Wildman–Crippen LogP) is -0.303. The van der Waals surface area contributed by atoms with Gasteiger partial charge in [-0.15, -0.1) is 0 Å². The van der Waals surface area contributed by atoms with E-state index in [0.717, 1.165) is 11.0 Å². The van der Waals surface area contributed by atoms with Crippen LogP contribution in [0.15, 0.2) is 23.8 Å². The maximum atomic E-state index is 13.8. The van der Waals surface area contributed by atoms with Crippen LogP contribution in [0.2, 0.25) is 0 Å². The van der Waals surface area contributed by atoms with E-state index in [1.54, 1.807) is 0 Å². The van der Waals surface area contributed by atoms with Crippen LogP contribution in [0.5, 0.6) is 0 Å². The largest absolute Gasteiger partial charge is 0.379 e. The molecule has 3 rings (SSSR count). The zero-order valence-electron chi connectivity index (χ0n) is 10.9. The number of halogens is 2. The number of hydrogen-bond acceptors (Lipinski definition) is 5. The highest BCUT2D eigenvalue weighted by Gasteiger charge is 2.54. The van der Waals surface area contributed by atoms with E-state index < -0.39 is 53.8 Å². The third-order valence-electron chi connectivity index (χ3n) is 4.13. The average Bonchev–Trinajstić information content (AvgIpc) is 2.67. The van der Waals surface area contributed by atoms with Crippen LogP contribution in [-0.4, -0.2) is 45.4 Å². The Balaban J connectivity index is 1.90. The quantitative estimate of drug-likeness (QED) is 0.578. The fraction of sp³-hybridized carbons (Fsp3) is 0.538. The number of piperidine rings is 1. The van der Waals surface area contributed by atoms with Crippen LogP contribution in [0.4, 0.5) is 8.78 Å². The van der Waals surface area contributed by atoms with Crippen molar-refractivity contribution in [3.63, 3.8) is 0 Å². The van der Waals surface area contributed by atoms with Crippen molar-refractivity contribution in [2.75, 3.05) is 0 Å². The van der Waals surface area contributed by atoms with E-state index in [4.69, 9.17) is 0 Å². The van der Waals surface area contributed by atoms with E-state index in [-0.39, 0.29) is 12.8 Å². The van der Waals surface area contributed by atoms with E-state index in [2.05, 4.69) is 5.32 Å². The van der Waals surface area contributed by atoms with Gasteiger partial charge in [0.15, 0.2) is 5.83 Å². The maximum Gasteiger partial charge on any atom is 0.240 e. The molecule has 0 saturated carbocycles. The SMILES string of the molecule is O=C1C2C=CC(F)=C(F)C2C(=O)N1C1CCC(O)NC1O. The molecule has 2 fully saturated rings. The molecular formula is C13H14F2N2O4. The molecule has 3 N–H and O–H groups in total. The Morgan fingerprint density at radius 3 is 2.57 bits per heavy atom. The number of nitrogens with one attached hydrogen (secondary N) is 1. The van der Waals surface area contributed by atoms with E-state index in [1.807, 2.05) is 0 Å². The molecule has 8 heteroatoms. The number of hydrogen-bond donors (Lipinski definition) is 3. The molecule has 3 aliphatic rings. The van der Waals surface area contributed by atoms with Crippen molar-refractivity contribution < 1.29 is 28.6 Å². The summed E-state index contributed by atoms with van der Waals surface area (Å²) in [5, 5.41) is 21.7. The van der Waals surface area contributed by atoms with Crippen molar-refractivity contribution in [1.82, 2.24) is 10.2 Å². The van der Waals surface area contributed by atoms with E-state index in [1.165, 1.54) is 6.08 Å². The van der Waals surface area contributed by atoms with Crippen molar-refractivity contribution in [3.8, 4) is 0 Å². The Bertz CT molecular complexity index is 562. The van der Waals surface area contributed by atoms with Gasteiger partial charge in [0.25, 0.3) is 0 Å². The van der Waals surface area contributed by atoms with Gasteiger partial charge in [0.05, 0.1) is 12.0 Å². The van der Waals surface area contributed by atoms with Gasteiger partial charge in [0, 0.05) is 0 Å². The third kappa shape index (κ3) is 2.10. The number of amides is 2. The summed E-state index contributed by atoms with van der Waals surface area (Å²) in [7, 11) is 0. The first-order chi connectivity index (χ1) is 9.91. The second kappa shape index (κ2) is 4.97. The van der Waals surface area contributed by atoms with Gasteiger partial charge in [-0.3, -0.25) is 19.8 Å². The topological polar surface area (TPSA) is 89.9 Å². The van der Waals surface area contributed by atoms with Crippen molar-refractivity contribution in [3.05, 3.63) is 23.8 Å². The second-order valence-corrected chi connectivity index (χ2v) is 5.38. The van der Waals surface area contributed by atoms with Gasteiger partial charge >= 0.3 is 0 Å². The number of aliphatic hydroxyl groups excluding tert-OH is 2. The van der Waals surface area contributed by atoms with Crippen molar-refractivity contribution in [2.24, 2.45) is 11.8 Å². The number of aliphatic hydroxyl groups is 2. The minimum absolute atomic E-state index is 0.184. The summed E-state index contributed by atoms with van der Waals surface area (Å²) >= 11 is 0. The predicted molar refractivity (Wildman–Crippen MR) is 65.4 cm³/mol. The van der Waals surface area contributed by atoms with Gasteiger partial charge in [0.1, 0.15) is 24.2 Å². The van der Waals surface area contributed by atoms with Crippen molar-refractivity contribution in [1.29, 1.82) is 0 Å². The Labute approximate surface area is 118 Å². The third-order valence-corrected chi connectivity index (χ3v) is 4.13. The molecule has 0 radical (unpaired) electrons. The van der Waals surface area contributed by atoms with Gasteiger partial charge < -0.3 is 10.2 Å². The van der Waals surface area contributed by atoms with Gasteiger partial charge in [0.2, 0.25) is 11.8 Å². The molecule has 0 aromatic carbocycles. The van der Waals surface area contributed by atoms with E-state index in [0.29, 0.717) is 0 Å². The lowest BCUT2D eigenvalue weighted by Crippen LogP contribution is -2.58. The molecule has 0 aromatic rings. The monoisotopic (exact) mass is 300 g/mol. The van der Waals surface area contributed by atoms with Crippen molar-refractivity contribution >= 4 is 11.8 Å². The molecule has 5 unspecified atom stereocenters. The van der Waals surface area contributed by atoms with Gasteiger partial charge in [-0.2, -0.15) is 0 Å². The zero-order valence-corrected chi connectivity index (χ0v) is 10.9. The number of allylic oxidation sites excluding steroid dienone is 2. The standard InChI is InChI=1S/C13H14F2N2O4/c14-6-2-1-5-9(10(6)15)13(21)17(12(5)20)7-3-4-8(18)16-11(7)19/h1-2,5,7-9,11,16,18-19H,3-4H2. The summed E-state index contributed by atoms with van der Waals surface area (Å²) in [6, 6.07) is -0.900. The molecule has 2 aliphatic heterocycles. The van der Waals surface area contributed by atoms with Crippen LogP contribution in [0, 0.1) is 11.8 Å². The highest BCUT2D eigenvalue weighted by Crippen LogP contribution is 2.40. The van der Waals surface area contributed by atoms with Crippen LogP contribution >= 0.6 is 0 Å². The van der Waals surface area contributed by atoms with E-state index >= 15 is 0 Å². The minimum Gasteiger partial charge on any atom is -0.379 e. The lowest BCUT2D eigenvalue weighted by atomic mass is 9.89. The van der Waals surface area contributed by atoms with Gasteiger partial charge in [-0.25, -0.2) is 8.78 Å². The van der Waals surface area contributed by atoms with Crippen LogP contribution in [-0.2, 0) is 9.59 Å². The smallest absolute Gasteiger partial charge is 0.240 e. The molecule has 0 spiro atoms. The van der Waals surface area contributed by atoms with Gasteiger partial charge in [-0.1, -0.05) is 6.08 Å². The highest BCUT2D eigenvalue weighted by atomic mass is 19.2. The molecule has 2 heterocycles. The summed E-state index contributed by atoms with van der Waals surface area (Å²) in [6.45, 7) is 0.